The van der Waals surface area contributed by atoms with Gasteiger partial charge in [0.25, 0.3) is 5.69 Å². The highest BCUT2D eigenvalue weighted by molar-refractivity contribution is 6.11. The van der Waals surface area contributed by atoms with Crippen LogP contribution in [0.15, 0.2) is 60.2 Å². The van der Waals surface area contributed by atoms with E-state index >= 15 is 0 Å². The van der Waals surface area contributed by atoms with Gasteiger partial charge in [0.2, 0.25) is 0 Å². The van der Waals surface area contributed by atoms with E-state index < -0.39 is 10.9 Å². The van der Waals surface area contributed by atoms with Crippen molar-refractivity contribution in [3.05, 3.63) is 81.4 Å². The first-order valence-electron chi connectivity index (χ1n) is 7.15. The molecule has 0 aromatic heterocycles. The van der Waals surface area contributed by atoms with E-state index in [2.05, 4.69) is 0 Å². The third-order valence-corrected chi connectivity index (χ3v) is 3.20. The van der Waals surface area contributed by atoms with Crippen molar-refractivity contribution in [1.82, 2.24) is 0 Å². The van der Waals surface area contributed by atoms with Crippen LogP contribution in [0.1, 0.15) is 22.8 Å². The van der Waals surface area contributed by atoms with Gasteiger partial charge in [0.15, 0.2) is 5.78 Å². The average molecular weight is 325 g/mol. The van der Waals surface area contributed by atoms with Crippen LogP contribution in [-0.2, 0) is 9.53 Å². The minimum absolute atomic E-state index is 0.0388. The molecular formula is C18H15NO5. The van der Waals surface area contributed by atoms with Crippen LogP contribution in [0.5, 0.6) is 0 Å². The molecular weight excluding hydrogens is 310 g/mol. The lowest BCUT2D eigenvalue weighted by Gasteiger charge is -2.07. The van der Waals surface area contributed by atoms with Gasteiger partial charge >= 0.3 is 5.97 Å². The highest BCUT2D eigenvalue weighted by Crippen LogP contribution is 2.17. The van der Waals surface area contributed by atoms with Gasteiger partial charge in [-0.1, -0.05) is 30.3 Å². The maximum Gasteiger partial charge on any atom is 0.302 e. The largest absolute Gasteiger partial charge is 0.461 e. The summed E-state index contributed by atoms with van der Waals surface area (Å²) >= 11 is 0. The summed E-state index contributed by atoms with van der Waals surface area (Å²) in [5.41, 5.74) is 1.32. The number of ether oxygens (including phenoxy) is 1. The Hall–Kier alpha value is -3.28. The number of benzene rings is 2. The average Bonchev–Trinajstić information content (AvgIpc) is 2.59. The molecule has 0 radical (unpaired) electrons. The van der Waals surface area contributed by atoms with Gasteiger partial charge in [-0.25, -0.2) is 0 Å². The number of carbonyl (C=O) groups excluding carboxylic acids is 2. The van der Waals surface area contributed by atoms with E-state index in [1.165, 1.54) is 31.2 Å². The van der Waals surface area contributed by atoms with Crippen LogP contribution >= 0.6 is 0 Å². The van der Waals surface area contributed by atoms with E-state index in [0.29, 0.717) is 11.1 Å². The highest BCUT2D eigenvalue weighted by atomic mass is 16.6. The molecule has 0 saturated carbocycles. The summed E-state index contributed by atoms with van der Waals surface area (Å²) in [6, 6.07) is 14.4. The zero-order valence-corrected chi connectivity index (χ0v) is 13.0. The molecule has 0 heterocycles. The van der Waals surface area contributed by atoms with Crippen molar-refractivity contribution in [2.45, 2.75) is 6.92 Å². The van der Waals surface area contributed by atoms with Crippen LogP contribution in [0.3, 0.4) is 0 Å². The van der Waals surface area contributed by atoms with E-state index in [1.54, 1.807) is 36.4 Å². The van der Waals surface area contributed by atoms with Crippen molar-refractivity contribution in [3.8, 4) is 0 Å². The number of hydrogen-bond donors (Lipinski definition) is 0. The third kappa shape index (κ3) is 4.61. The van der Waals surface area contributed by atoms with Crippen molar-refractivity contribution in [2.75, 3.05) is 6.61 Å². The Balaban J connectivity index is 2.32. The second-order valence-corrected chi connectivity index (χ2v) is 4.99. The van der Waals surface area contributed by atoms with E-state index in [9.17, 15) is 19.7 Å². The smallest absolute Gasteiger partial charge is 0.302 e. The highest BCUT2D eigenvalue weighted by Gasteiger charge is 2.14. The molecule has 122 valence electrons. The minimum atomic E-state index is -0.498. The quantitative estimate of drug-likeness (QED) is 0.267. The van der Waals surface area contributed by atoms with Gasteiger partial charge < -0.3 is 4.74 Å². The number of Topliss-reactive ketones (excluding diaryl/α,β-unsaturated/α-hetero) is 1. The van der Waals surface area contributed by atoms with Gasteiger partial charge in [-0.2, -0.15) is 0 Å². The number of carbonyl (C=O) groups is 2. The molecule has 2 aromatic rings. The predicted octanol–water partition coefficient (Wildman–Crippen LogP) is 3.42. The Labute approximate surface area is 138 Å². The summed E-state index contributed by atoms with van der Waals surface area (Å²) in [6.45, 7) is 1.09. The molecule has 2 rings (SSSR count). The molecule has 0 aliphatic rings. The van der Waals surface area contributed by atoms with E-state index in [4.69, 9.17) is 4.74 Å². The van der Waals surface area contributed by atoms with Gasteiger partial charge in [0, 0.05) is 30.2 Å². The van der Waals surface area contributed by atoms with Crippen LogP contribution < -0.4 is 0 Å². The van der Waals surface area contributed by atoms with Crippen molar-refractivity contribution >= 4 is 23.5 Å². The lowest BCUT2D eigenvalue weighted by molar-refractivity contribution is -0.384. The second kappa shape index (κ2) is 7.82. The summed E-state index contributed by atoms with van der Waals surface area (Å²) in [7, 11) is 0. The van der Waals surface area contributed by atoms with Crippen LogP contribution in [-0.4, -0.2) is 23.3 Å². The van der Waals surface area contributed by atoms with Crippen LogP contribution in [0, 0.1) is 10.1 Å². The summed E-state index contributed by atoms with van der Waals surface area (Å²) in [5.74, 6) is -0.763. The summed E-state index contributed by atoms with van der Waals surface area (Å²) < 4.78 is 4.94. The maximum absolute atomic E-state index is 12.6. The SMILES string of the molecule is CC(=O)OC/C(=C\c1ccc([N+](=O)[O-])cc1)C(=O)c1ccccc1. The molecule has 6 heteroatoms. The summed E-state index contributed by atoms with van der Waals surface area (Å²) in [6.07, 6.45) is 1.56. The van der Waals surface area contributed by atoms with Crippen molar-refractivity contribution in [2.24, 2.45) is 0 Å². The lowest BCUT2D eigenvalue weighted by atomic mass is 10.0. The topological polar surface area (TPSA) is 86.5 Å². The standard InChI is InChI=1S/C18H15NO5/c1-13(20)24-12-16(18(21)15-5-3-2-4-6-15)11-14-7-9-17(10-8-14)19(22)23/h2-11H,12H2,1H3/b16-11+. The van der Waals surface area contributed by atoms with Gasteiger partial charge in [-0.15, -0.1) is 0 Å². The van der Waals surface area contributed by atoms with E-state index in [0.717, 1.165) is 0 Å². The first-order valence-corrected chi connectivity index (χ1v) is 7.15. The number of nitro groups is 1. The molecule has 0 spiro atoms. The monoisotopic (exact) mass is 325 g/mol. The Morgan fingerprint density at radius 1 is 1.08 bits per heavy atom. The van der Waals surface area contributed by atoms with Gasteiger partial charge in [0.1, 0.15) is 6.61 Å². The van der Waals surface area contributed by atoms with E-state index in [1.807, 2.05) is 0 Å². The number of nitrogens with zero attached hydrogens (tertiary/aromatic N) is 1. The van der Waals surface area contributed by atoms with Crippen LogP contribution in [0.4, 0.5) is 5.69 Å². The zero-order valence-electron chi connectivity index (χ0n) is 13.0. The van der Waals surface area contributed by atoms with Crippen molar-refractivity contribution in [1.29, 1.82) is 0 Å². The molecule has 0 fully saturated rings. The van der Waals surface area contributed by atoms with Crippen LogP contribution in [0.25, 0.3) is 6.08 Å². The Bertz CT molecular complexity index is 779. The van der Waals surface area contributed by atoms with Crippen molar-refractivity contribution < 1.29 is 19.2 Å². The fourth-order valence-corrected chi connectivity index (χ4v) is 2.02. The predicted molar refractivity (Wildman–Crippen MR) is 88.5 cm³/mol. The number of hydrogen-bond acceptors (Lipinski definition) is 5. The number of esters is 1. The molecule has 0 N–H and O–H groups in total. The Kier molecular flexibility index (Phi) is 5.57. The summed E-state index contributed by atoms with van der Waals surface area (Å²) in [4.78, 5) is 33.8. The molecule has 2 aromatic carbocycles. The molecule has 0 aliphatic carbocycles. The van der Waals surface area contributed by atoms with Gasteiger partial charge in [0.05, 0.1) is 4.92 Å². The molecule has 0 saturated heterocycles. The Morgan fingerprint density at radius 2 is 1.71 bits per heavy atom. The molecule has 0 unspecified atom stereocenters. The number of non-ortho nitro benzene ring substituents is 1. The number of nitro benzene ring substituents is 1. The fourth-order valence-electron chi connectivity index (χ4n) is 2.02. The first-order chi connectivity index (χ1) is 11.5. The van der Waals surface area contributed by atoms with Crippen LogP contribution in [0.2, 0.25) is 0 Å². The Morgan fingerprint density at radius 3 is 2.25 bits per heavy atom. The first kappa shape index (κ1) is 17.1. The summed E-state index contributed by atoms with van der Waals surface area (Å²) in [5, 5.41) is 10.7. The molecule has 0 amide bonds. The molecule has 24 heavy (non-hydrogen) atoms. The van der Waals surface area contributed by atoms with Gasteiger partial charge in [-0.05, 0) is 23.8 Å². The maximum atomic E-state index is 12.6. The number of ketones is 1. The molecule has 0 aliphatic heterocycles. The molecule has 6 nitrogen and oxygen atoms in total. The minimum Gasteiger partial charge on any atom is -0.461 e. The molecule has 0 bridgehead atoms. The fraction of sp³-hybridized carbons (Fsp3) is 0.111. The second-order valence-electron chi connectivity index (χ2n) is 4.99. The van der Waals surface area contributed by atoms with Crippen molar-refractivity contribution in [3.63, 3.8) is 0 Å². The zero-order chi connectivity index (χ0) is 17.5. The normalized spacial score (nSPS) is 11.0. The lowest BCUT2D eigenvalue weighted by Crippen LogP contribution is -2.11. The number of rotatable bonds is 6. The van der Waals surface area contributed by atoms with Gasteiger partial charge in [-0.3, -0.25) is 19.7 Å². The van der Waals surface area contributed by atoms with E-state index in [-0.39, 0.29) is 23.7 Å². The molecule has 0 atom stereocenters. The third-order valence-electron chi connectivity index (χ3n) is 3.20.